The lowest BCUT2D eigenvalue weighted by Gasteiger charge is -2.31. The topological polar surface area (TPSA) is 60.1 Å². The predicted molar refractivity (Wildman–Crippen MR) is 90.8 cm³/mol. The fourth-order valence-corrected chi connectivity index (χ4v) is 3.29. The molecule has 0 radical (unpaired) electrons. The first kappa shape index (κ1) is 18.7. The van der Waals surface area contributed by atoms with Crippen LogP contribution in [0.2, 0.25) is 0 Å². The number of hydrogen-bond donors (Lipinski definition) is 0. The molecular weight excluding hydrogens is 417 g/mol. The Morgan fingerprint density at radius 2 is 1.77 bits per heavy atom. The SMILES string of the molecule is Cn1c(C(F)(F)F)nn(C2CCN(C(=O)c3ccc(Br)cc3)CC2)c1=O. The summed E-state index contributed by atoms with van der Waals surface area (Å²) in [5.41, 5.74) is -0.254. The molecule has 1 amide bonds. The normalized spacial score (nSPS) is 16.1. The average molecular weight is 433 g/mol. The zero-order chi connectivity index (χ0) is 19.1. The van der Waals surface area contributed by atoms with Crippen LogP contribution in [-0.4, -0.2) is 38.2 Å². The van der Waals surface area contributed by atoms with Gasteiger partial charge in [-0.05, 0) is 37.1 Å². The number of carbonyl (C=O) groups is 1. The summed E-state index contributed by atoms with van der Waals surface area (Å²) < 4.78 is 41.0. The summed E-state index contributed by atoms with van der Waals surface area (Å²) in [4.78, 5) is 26.2. The summed E-state index contributed by atoms with van der Waals surface area (Å²) in [5, 5.41) is 3.48. The van der Waals surface area contributed by atoms with Crippen LogP contribution in [-0.2, 0) is 13.2 Å². The molecule has 140 valence electrons. The number of nitrogens with zero attached hydrogens (tertiary/aromatic N) is 4. The van der Waals surface area contributed by atoms with E-state index in [0.717, 1.165) is 16.2 Å². The van der Waals surface area contributed by atoms with Gasteiger partial charge in [-0.3, -0.25) is 9.36 Å². The van der Waals surface area contributed by atoms with Gasteiger partial charge in [-0.15, -0.1) is 5.10 Å². The third-order valence-electron chi connectivity index (χ3n) is 4.45. The molecule has 6 nitrogen and oxygen atoms in total. The van der Waals surface area contributed by atoms with Gasteiger partial charge in [-0.1, -0.05) is 15.9 Å². The van der Waals surface area contributed by atoms with Gasteiger partial charge in [0.05, 0.1) is 6.04 Å². The monoisotopic (exact) mass is 432 g/mol. The van der Waals surface area contributed by atoms with Crippen molar-refractivity contribution in [2.24, 2.45) is 7.05 Å². The first-order chi connectivity index (χ1) is 12.2. The number of alkyl halides is 3. The molecule has 0 aliphatic carbocycles. The van der Waals surface area contributed by atoms with Crippen molar-refractivity contribution in [3.05, 3.63) is 50.6 Å². The Labute approximate surface area is 155 Å². The van der Waals surface area contributed by atoms with Crippen LogP contribution in [0.25, 0.3) is 0 Å². The molecule has 0 spiro atoms. The molecule has 0 bridgehead atoms. The smallest absolute Gasteiger partial charge is 0.338 e. The van der Waals surface area contributed by atoms with Crippen molar-refractivity contribution in [1.29, 1.82) is 0 Å². The van der Waals surface area contributed by atoms with E-state index in [1.165, 1.54) is 0 Å². The second-order valence-corrected chi connectivity index (χ2v) is 7.05. The number of aromatic nitrogens is 3. The Morgan fingerprint density at radius 1 is 1.19 bits per heavy atom. The van der Waals surface area contributed by atoms with Crippen LogP contribution < -0.4 is 5.69 Å². The van der Waals surface area contributed by atoms with Crippen LogP contribution in [0.5, 0.6) is 0 Å². The molecule has 10 heteroatoms. The van der Waals surface area contributed by atoms with E-state index in [2.05, 4.69) is 21.0 Å². The molecule has 1 saturated heterocycles. The molecule has 0 saturated carbocycles. The van der Waals surface area contributed by atoms with Gasteiger partial charge in [0.25, 0.3) is 5.91 Å². The molecule has 2 heterocycles. The van der Waals surface area contributed by atoms with Crippen LogP contribution in [0.15, 0.2) is 33.5 Å². The molecule has 1 aliphatic heterocycles. The fourth-order valence-electron chi connectivity index (χ4n) is 3.03. The summed E-state index contributed by atoms with van der Waals surface area (Å²) in [7, 11) is 1.06. The highest BCUT2D eigenvalue weighted by atomic mass is 79.9. The molecule has 3 rings (SSSR count). The predicted octanol–water partition coefficient (Wildman–Crippen LogP) is 2.84. The number of hydrogen-bond acceptors (Lipinski definition) is 3. The second kappa shape index (κ2) is 6.90. The molecule has 1 aromatic carbocycles. The summed E-state index contributed by atoms with van der Waals surface area (Å²) in [6, 6.07) is 6.49. The van der Waals surface area contributed by atoms with Crippen molar-refractivity contribution in [1.82, 2.24) is 19.2 Å². The Bertz CT molecular complexity index is 865. The molecular formula is C16H16BrF3N4O2. The van der Waals surface area contributed by atoms with Crippen molar-refractivity contribution in [2.45, 2.75) is 25.1 Å². The van der Waals surface area contributed by atoms with Gasteiger partial charge >= 0.3 is 11.9 Å². The molecule has 0 unspecified atom stereocenters. The molecule has 0 atom stereocenters. The number of likely N-dealkylation sites (tertiary alicyclic amines) is 1. The molecule has 1 aliphatic rings. The van der Waals surface area contributed by atoms with Gasteiger partial charge in [0, 0.05) is 30.2 Å². The molecule has 26 heavy (non-hydrogen) atoms. The Hall–Kier alpha value is -2.10. The molecule has 1 aromatic heterocycles. The molecule has 0 N–H and O–H groups in total. The van der Waals surface area contributed by atoms with E-state index in [4.69, 9.17) is 0 Å². The maximum absolute atomic E-state index is 12.9. The third kappa shape index (κ3) is 3.55. The minimum atomic E-state index is -4.68. The van der Waals surface area contributed by atoms with E-state index in [0.29, 0.717) is 36.1 Å². The minimum absolute atomic E-state index is 0.139. The van der Waals surface area contributed by atoms with Crippen LogP contribution in [0, 0.1) is 0 Å². The van der Waals surface area contributed by atoms with E-state index >= 15 is 0 Å². The lowest BCUT2D eigenvalue weighted by atomic mass is 10.0. The van der Waals surface area contributed by atoms with Gasteiger partial charge in [0.1, 0.15) is 0 Å². The van der Waals surface area contributed by atoms with Gasteiger partial charge < -0.3 is 4.90 Å². The highest BCUT2D eigenvalue weighted by Crippen LogP contribution is 2.28. The number of carbonyl (C=O) groups excluding carboxylic acids is 1. The number of amides is 1. The number of rotatable bonds is 2. The number of halogens is 4. The fraction of sp³-hybridized carbons (Fsp3) is 0.438. The molecule has 2 aromatic rings. The lowest BCUT2D eigenvalue weighted by Crippen LogP contribution is -2.41. The Balaban J connectivity index is 1.72. The van der Waals surface area contributed by atoms with Crippen LogP contribution in [0.4, 0.5) is 13.2 Å². The summed E-state index contributed by atoms with van der Waals surface area (Å²) in [5.74, 6) is -1.35. The highest BCUT2D eigenvalue weighted by molar-refractivity contribution is 9.10. The van der Waals surface area contributed by atoms with E-state index in [1.54, 1.807) is 29.2 Å². The second-order valence-electron chi connectivity index (χ2n) is 6.14. The van der Waals surface area contributed by atoms with Crippen LogP contribution in [0.3, 0.4) is 0 Å². The third-order valence-corrected chi connectivity index (χ3v) is 4.97. The Morgan fingerprint density at radius 3 is 2.27 bits per heavy atom. The van der Waals surface area contributed by atoms with Crippen LogP contribution >= 0.6 is 15.9 Å². The highest BCUT2D eigenvalue weighted by Gasteiger charge is 2.39. The van der Waals surface area contributed by atoms with Crippen LogP contribution in [0.1, 0.15) is 35.1 Å². The van der Waals surface area contributed by atoms with Gasteiger partial charge in [0.15, 0.2) is 0 Å². The van der Waals surface area contributed by atoms with Crippen molar-refractivity contribution < 1.29 is 18.0 Å². The molecule has 1 fully saturated rings. The van der Waals surface area contributed by atoms with E-state index < -0.39 is 23.7 Å². The maximum Gasteiger partial charge on any atom is 0.451 e. The van der Waals surface area contributed by atoms with Crippen molar-refractivity contribution >= 4 is 21.8 Å². The Kier molecular flexibility index (Phi) is 4.96. The first-order valence-corrected chi connectivity index (χ1v) is 8.75. The summed E-state index contributed by atoms with van der Waals surface area (Å²) in [6.45, 7) is 0.702. The quantitative estimate of drug-likeness (QED) is 0.732. The number of piperidine rings is 1. The zero-order valence-electron chi connectivity index (χ0n) is 13.8. The van der Waals surface area contributed by atoms with E-state index in [1.807, 2.05) is 0 Å². The lowest BCUT2D eigenvalue weighted by molar-refractivity contribution is -0.147. The van der Waals surface area contributed by atoms with Crippen molar-refractivity contribution in [3.63, 3.8) is 0 Å². The van der Waals surface area contributed by atoms with E-state index in [9.17, 15) is 22.8 Å². The average Bonchev–Trinajstić information content (AvgIpc) is 2.91. The summed E-state index contributed by atoms with van der Waals surface area (Å²) in [6.07, 6.45) is -3.94. The number of benzene rings is 1. The van der Waals surface area contributed by atoms with Gasteiger partial charge in [0.2, 0.25) is 5.82 Å². The first-order valence-electron chi connectivity index (χ1n) is 7.96. The maximum atomic E-state index is 12.9. The van der Waals surface area contributed by atoms with Gasteiger partial charge in [-0.25, -0.2) is 9.48 Å². The summed E-state index contributed by atoms with van der Waals surface area (Å²) >= 11 is 3.31. The largest absolute Gasteiger partial charge is 0.451 e. The zero-order valence-corrected chi connectivity index (χ0v) is 15.4. The van der Waals surface area contributed by atoms with Gasteiger partial charge in [-0.2, -0.15) is 13.2 Å². The minimum Gasteiger partial charge on any atom is -0.338 e. The van der Waals surface area contributed by atoms with Crippen molar-refractivity contribution in [3.8, 4) is 0 Å². The van der Waals surface area contributed by atoms with E-state index in [-0.39, 0.29) is 5.91 Å². The standard InChI is InChI=1S/C16H16BrF3N4O2/c1-22-14(16(18,19)20)21-24(15(22)26)12-6-8-23(9-7-12)13(25)10-2-4-11(17)5-3-10/h2-5,12H,6-9H2,1H3. The van der Waals surface area contributed by atoms with Crippen molar-refractivity contribution in [2.75, 3.05) is 13.1 Å².